The van der Waals surface area contributed by atoms with Crippen LogP contribution in [0.15, 0.2) is 225 Å². The summed E-state index contributed by atoms with van der Waals surface area (Å²) < 4.78 is 13.1. The van der Waals surface area contributed by atoms with E-state index < -0.39 is 5.41 Å². The molecule has 3 heterocycles. The SMILES string of the molecule is CC(C)(C)c1ccnc(-n2c3[c-]c(Oc4[c-]c([N+]5=C=[N+](c6ccccc6-c6ccc7c(c6)-c6ccccc6C7(c6ccccc6)c6ccccc6)c6ccccc65)ccc4)ccc3c3ccccc32)c1.[Pt+2]. The van der Waals surface area contributed by atoms with Gasteiger partial charge in [-0.05, 0) is 90.2 Å². The van der Waals surface area contributed by atoms with Crippen molar-refractivity contribution in [3.8, 4) is 39.6 Å². The smallest absolute Gasteiger partial charge is 0.509 e. The largest absolute Gasteiger partial charge is 2.00 e. The van der Waals surface area contributed by atoms with Crippen molar-refractivity contribution in [1.82, 2.24) is 18.7 Å². The molecule has 1 aliphatic heterocycles. The van der Waals surface area contributed by atoms with E-state index in [1.54, 1.807) is 0 Å². The minimum absolute atomic E-state index is 0. The van der Waals surface area contributed by atoms with Crippen LogP contribution in [0.4, 0.5) is 22.7 Å². The van der Waals surface area contributed by atoms with Gasteiger partial charge in [0.2, 0.25) is 5.69 Å². The fourth-order valence-corrected chi connectivity index (χ4v) is 10.9. The Labute approximate surface area is 428 Å². The average Bonchev–Trinajstić information content (AvgIpc) is 4.06. The zero-order valence-corrected chi connectivity index (χ0v) is 41.6. The maximum Gasteiger partial charge on any atom is 2.00 e. The van der Waals surface area contributed by atoms with Crippen LogP contribution < -0.4 is 13.9 Å². The van der Waals surface area contributed by atoms with Crippen molar-refractivity contribution in [3.05, 3.63) is 265 Å². The van der Waals surface area contributed by atoms with E-state index in [0.29, 0.717) is 11.5 Å². The first-order chi connectivity index (χ1) is 34.3. The van der Waals surface area contributed by atoms with E-state index in [9.17, 15) is 0 Å². The molecule has 0 amide bonds. The van der Waals surface area contributed by atoms with Crippen molar-refractivity contribution in [3.63, 3.8) is 0 Å². The third-order valence-electron chi connectivity index (χ3n) is 14.1. The molecule has 0 radical (unpaired) electrons. The molecule has 13 rings (SSSR count). The Kier molecular flexibility index (Phi) is 10.8. The van der Waals surface area contributed by atoms with Crippen LogP contribution in [-0.2, 0) is 31.9 Å². The summed E-state index contributed by atoms with van der Waals surface area (Å²) >= 11 is 0. The summed E-state index contributed by atoms with van der Waals surface area (Å²) in [5, 5.41) is 2.22. The van der Waals surface area contributed by atoms with Crippen LogP contribution in [0.1, 0.15) is 48.6 Å². The van der Waals surface area contributed by atoms with Crippen LogP contribution in [-0.4, -0.2) is 15.6 Å². The van der Waals surface area contributed by atoms with E-state index in [4.69, 9.17) is 9.72 Å². The molecule has 2 aromatic heterocycles. The number of benzene rings is 9. The predicted octanol–water partition coefficient (Wildman–Crippen LogP) is 15.8. The number of aromatic nitrogens is 2. The van der Waals surface area contributed by atoms with Crippen LogP contribution in [0.5, 0.6) is 11.5 Å². The summed E-state index contributed by atoms with van der Waals surface area (Å²) in [4.78, 5) is 4.86. The van der Waals surface area contributed by atoms with Crippen LogP contribution >= 0.6 is 0 Å². The van der Waals surface area contributed by atoms with Gasteiger partial charge in [0.25, 0.3) is 11.4 Å². The topological polar surface area (TPSA) is 33.1 Å². The van der Waals surface area contributed by atoms with Crippen LogP contribution in [0, 0.1) is 12.1 Å². The third kappa shape index (κ3) is 7.15. The number of nitrogens with zero attached hydrogens (tertiary/aromatic N) is 4. The molecule has 6 heteroatoms. The van der Waals surface area contributed by atoms with Crippen LogP contribution in [0.3, 0.4) is 0 Å². The van der Waals surface area contributed by atoms with E-state index in [0.717, 1.165) is 61.5 Å². The summed E-state index contributed by atoms with van der Waals surface area (Å²) in [5.74, 6) is 2.01. The summed E-state index contributed by atoms with van der Waals surface area (Å²) in [6.07, 6.45) is 1.90. The first-order valence-electron chi connectivity index (χ1n) is 23.9. The molecule has 0 saturated carbocycles. The molecule has 0 atom stereocenters. The minimum atomic E-state index is -0.460. The molecule has 2 aliphatic rings. The zero-order valence-electron chi connectivity index (χ0n) is 39.4. The number of hydrogen-bond acceptors (Lipinski definition) is 2. The Balaban J connectivity index is 0.00000517. The molecule has 340 valence electrons. The Morgan fingerprint density at radius 1 is 0.521 bits per heavy atom. The number of hydrogen-bond donors (Lipinski definition) is 0. The molecule has 0 saturated heterocycles. The summed E-state index contributed by atoms with van der Waals surface area (Å²) in [6.45, 7) is 6.68. The second-order valence-electron chi connectivity index (χ2n) is 19.2. The molecule has 0 unspecified atom stereocenters. The van der Waals surface area contributed by atoms with Crippen molar-refractivity contribution in [2.45, 2.75) is 31.6 Å². The molecule has 9 aromatic carbocycles. The fourth-order valence-electron chi connectivity index (χ4n) is 10.9. The molecule has 0 bridgehead atoms. The molecule has 1 aliphatic carbocycles. The second-order valence-corrected chi connectivity index (χ2v) is 19.2. The van der Waals surface area contributed by atoms with Crippen molar-refractivity contribution in [2.75, 3.05) is 0 Å². The van der Waals surface area contributed by atoms with Crippen LogP contribution in [0.2, 0.25) is 0 Å². The van der Waals surface area contributed by atoms with Gasteiger partial charge in [-0.3, -0.25) is 0 Å². The van der Waals surface area contributed by atoms with Gasteiger partial charge in [-0.1, -0.05) is 183 Å². The van der Waals surface area contributed by atoms with E-state index in [1.165, 1.54) is 38.9 Å². The zero-order chi connectivity index (χ0) is 47.0. The predicted molar refractivity (Wildman–Crippen MR) is 285 cm³/mol. The van der Waals surface area contributed by atoms with Gasteiger partial charge in [-0.25, -0.2) is 4.98 Å². The summed E-state index contributed by atoms with van der Waals surface area (Å²) in [5.41, 5.74) is 16.3. The average molecular weight is 1090 g/mol. The molecule has 0 fully saturated rings. The first kappa shape index (κ1) is 44.0. The van der Waals surface area contributed by atoms with E-state index >= 15 is 0 Å². The normalized spacial score (nSPS) is 13.2. The number of pyridine rings is 1. The molecule has 11 aromatic rings. The monoisotopic (exact) mass is 1090 g/mol. The number of fused-ring (bicyclic) bond motifs is 7. The van der Waals surface area contributed by atoms with Gasteiger partial charge in [0.05, 0.1) is 11.0 Å². The van der Waals surface area contributed by atoms with Crippen LogP contribution in [0.25, 0.3) is 49.9 Å². The quantitative estimate of drug-likeness (QED) is 0.112. The van der Waals surface area contributed by atoms with Crippen molar-refractivity contribution < 1.29 is 25.8 Å². The van der Waals surface area contributed by atoms with E-state index in [-0.39, 0.29) is 26.5 Å². The molecular formula is C65H46N4OPt+2. The fraction of sp³-hybridized carbons (Fsp3) is 0.0769. The minimum Gasteiger partial charge on any atom is -0.509 e. The number of ether oxygens (including phenoxy) is 1. The molecule has 5 nitrogen and oxygen atoms in total. The molecule has 0 N–H and O–H groups in total. The Morgan fingerprint density at radius 2 is 1.15 bits per heavy atom. The summed E-state index contributed by atoms with van der Waals surface area (Å²) in [6, 6.07) is 88.8. The van der Waals surface area contributed by atoms with Gasteiger partial charge in [0.1, 0.15) is 11.5 Å². The van der Waals surface area contributed by atoms with Gasteiger partial charge < -0.3 is 9.30 Å². The molecular weight excluding hydrogens is 1050 g/mol. The van der Waals surface area contributed by atoms with E-state index in [1.807, 2.05) is 30.5 Å². The molecule has 0 spiro atoms. The standard InChI is InChI=1S/C65H46N4O.Pt/c1-64(2,3)47-37-38-66-63(40-47)69-59-30-15-12-27-53(59)54-35-34-50(42-62(54)69)70-49-24-18-23-48(41-49)67-43-68(61-32-17-16-31-60(61)67)58-29-14-11-25-51(58)44-33-36-57-55(39-44)52-26-10-13-28-56(52)65(57,45-19-6-4-7-20-45)46-21-8-5-9-22-46;/h4-40H,1-3H3;/q;+2. The van der Waals surface area contributed by atoms with Gasteiger partial charge in [-0.15, -0.1) is 23.6 Å². The third-order valence-corrected chi connectivity index (χ3v) is 14.1. The number of rotatable bonds is 8. The summed E-state index contributed by atoms with van der Waals surface area (Å²) in [7, 11) is 0. The Hall–Kier alpha value is -8.20. The van der Waals surface area contributed by atoms with Gasteiger partial charge in [0, 0.05) is 41.4 Å². The second kappa shape index (κ2) is 17.3. The van der Waals surface area contributed by atoms with Crippen molar-refractivity contribution >= 4 is 50.6 Å². The van der Waals surface area contributed by atoms with E-state index in [2.05, 4.69) is 247 Å². The number of para-hydroxylation sites is 4. The van der Waals surface area contributed by atoms with Crippen molar-refractivity contribution in [2.24, 2.45) is 0 Å². The van der Waals surface area contributed by atoms with Gasteiger partial charge >= 0.3 is 27.1 Å². The van der Waals surface area contributed by atoms with Gasteiger partial charge in [-0.2, -0.15) is 12.1 Å². The maximum atomic E-state index is 6.65. The Morgan fingerprint density at radius 3 is 1.92 bits per heavy atom. The first-order valence-corrected chi connectivity index (χ1v) is 23.9. The van der Waals surface area contributed by atoms with Gasteiger partial charge in [0.15, 0.2) is 0 Å². The maximum absolute atomic E-state index is 6.65. The van der Waals surface area contributed by atoms with Crippen molar-refractivity contribution in [1.29, 1.82) is 0 Å². The Bertz CT molecular complexity index is 3910. The molecule has 71 heavy (non-hydrogen) atoms.